The van der Waals surface area contributed by atoms with Gasteiger partial charge >= 0.3 is 0 Å². The number of rotatable bonds is 6. The number of hydrogen-bond donors (Lipinski definition) is 0. The van der Waals surface area contributed by atoms with E-state index < -0.39 is 0 Å². The van der Waals surface area contributed by atoms with Gasteiger partial charge in [0.15, 0.2) is 25.1 Å². The van der Waals surface area contributed by atoms with E-state index in [1.807, 2.05) is 30.3 Å². The highest BCUT2D eigenvalue weighted by Crippen LogP contribution is 2.36. The van der Waals surface area contributed by atoms with Gasteiger partial charge in [-0.15, -0.1) is 0 Å². The van der Waals surface area contributed by atoms with Crippen LogP contribution in [0.25, 0.3) is 22.3 Å². The van der Waals surface area contributed by atoms with Crippen LogP contribution in [0, 0.1) is 0 Å². The summed E-state index contributed by atoms with van der Waals surface area (Å²) in [6, 6.07) is 17.2. The maximum Gasteiger partial charge on any atom is 0.151 e. The predicted octanol–water partition coefficient (Wildman–Crippen LogP) is 4.27. The van der Waals surface area contributed by atoms with E-state index in [1.165, 1.54) is 0 Å². The first-order chi connectivity index (χ1) is 12.7. The van der Waals surface area contributed by atoms with Gasteiger partial charge in [0.1, 0.15) is 0 Å². The van der Waals surface area contributed by atoms with Crippen molar-refractivity contribution in [2.24, 2.45) is 0 Å². The van der Waals surface area contributed by atoms with Crippen molar-refractivity contribution in [3.8, 4) is 22.3 Å². The fraction of sp³-hybridized carbons (Fsp3) is 0. The van der Waals surface area contributed by atoms with Crippen LogP contribution in [0.5, 0.6) is 0 Å². The Balaban J connectivity index is 2.45. The first kappa shape index (κ1) is 17.2. The maximum absolute atomic E-state index is 12.0. The smallest absolute Gasteiger partial charge is 0.151 e. The van der Waals surface area contributed by atoms with Gasteiger partial charge in [-0.2, -0.15) is 0 Å². The fourth-order valence-corrected chi connectivity index (χ4v) is 3.08. The number of hydrogen-bond acceptors (Lipinski definition) is 4. The predicted molar refractivity (Wildman–Crippen MR) is 98.9 cm³/mol. The molecule has 0 spiro atoms. The lowest BCUT2D eigenvalue weighted by molar-refractivity contribution is 0.110. The van der Waals surface area contributed by atoms with Crippen molar-refractivity contribution < 1.29 is 19.2 Å². The van der Waals surface area contributed by atoms with Crippen LogP contribution in [-0.4, -0.2) is 25.1 Å². The number of carbonyl (C=O) groups is 4. The van der Waals surface area contributed by atoms with E-state index in [4.69, 9.17) is 0 Å². The topological polar surface area (TPSA) is 68.3 Å². The molecule has 4 heteroatoms. The van der Waals surface area contributed by atoms with E-state index in [9.17, 15) is 19.2 Å². The molecule has 0 bridgehead atoms. The van der Waals surface area contributed by atoms with E-state index in [-0.39, 0.29) is 22.3 Å². The Bertz CT molecular complexity index is 978. The van der Waals surface area contributed by atoms with Gasteiger partial charge in [0.05, 0.1) is 0 Å². The minimum absolute atomic E-state index is 0.240. The van der Waals surface area contributed by atoms with Gasteiger partial charge in [-0.3, -0.25) is 19.2 Å². The Labute approximate surface area is 150 Å². The highest BCUT2D eigenvalue weighted by atomic mass is 16.1. The molecule has 0 aromatic heterocycles. The van der Waals surface area contributed by atoms with Crippen LogP contribution in [0.15, 0.2) is 60.7 Å². The fourth-order valence-electron chi connectivity index (χ4n) is 3.08. The Morgan fingerprint density at radius 2 is 1.08 bits per heavy atom. The minimum atomic E-state index is 0.240. The molecule has 4 nitrogen and oxygen atoms in total. The maximum atomic E-state index is 12.0. The largest absolute Gasteiger partial charge is 0.298 e. The second kappa shape index (κ2) is 7.49. The molecule has 3 rings (SSSR count). The van der Waals surface area contributed by atoms with Gasteiger partial charge in [0.2, 0.25) is 0 Å². The summed E-state index contributed by atoms with van der Waals surface area (Å²) in [5.41, 5.74) is 2.99. The number of benzene rings is 3. The monoisotopic (exact) mass is 342 g/mol. The summed E-state index contributed by atoms with van der Waals surface area (Å²) in [6.45, 7) is 0. The lowest BCUT2D eigenvalue weighted by Crippen LogP contribution is -2.03. The van der Waals surface area contributed by atoms with Crippen LogP contribution in [-0.2, 0) is 0 Å². The van der Waals surface area contributed by atoms with Crippen LogP contribution in [0.2, 0.25) is 0 Å². The van der Waals surface area contributed by atoms with Crippen LogP contribution in [0.3, 0.4) is 0 Å². The molecular formula is C22H14O4. The Morgan fingerprint density at radius 1 is 0.500 bits per heavy atom. The molecule has 0 aliphatic rings. The summed E-state index contributed by atoms with van der Waals surface area (Å²) in [5.74, 6) is 0. The second-order valence-electron chi connectivity index (χ2n) is 5.64. The third-order valence-electron chi connectivity index (χ3n) is 4.24. The van der Waals surface area contributed by atoms with Crippen LogP contribution >= 0.6 is 0 Å². The molecule has 0 heterocycles. The van der Waals surface area contributed by atoms with E-state index >= 15 is 0 Å². The molecule has 0 fully saturated rings. The third kappa shape index (κ3) is 2.89. The Morgan fingerprint density at radius 3 is 1.62 bits per heavy atom. The van der Waals surface area contributed by atoms with Crippen molar-refractivity contribution in [2.75, 3.05) is 0 Å². The molecule has 3 aromatic carbocycles. The van der Waals surface area contributed by atoms with Gasteiger partial charge in [0.25, 0.3) is 0 Å². The zero-order valence-electron chi connectivity index (χ0n) is 13.7. The number of aldehydes is 4. The van der Waals surface area contributed by atoms with Crippen molar-refractivity contribution in [1.29, 1.82) is 0 Å². The van der Waals surface area contributed by atoms with Gasteiger partial charge in [0, 0.05) is 33.4 Å². The van der Waals surface area contributed by atoms with Gasteiger partial charge in [-0.1, -0.05) is 60.7 Å². The molecule has 0 atom stereocenters. The zero-order chi connectivity index (χ0) is 18.5. The minimum Gasteiger partial charge on any atom is -0.298 e. The summed E-state index contributed by atoms with van der Waals surface area (Å²) in [4.78, 5) is 46.7. The SMILES string of the molecule is O=Cc1cccc(C=O)c1-c1c(C=O)ccc(-c2ccccc2)c1C=O. The molecule has 0 aliphatic heterocycles. The average molecular weight is 342 g/mol. The first-order valence-corrected chi connectivity index (χ1v) is 7.91. The van der Waals surface area contributed by atoms with Gasteiger partial charge in [-0.05, 0) is 11.1 Å². The number of carbonyl (C=O) groups excluding carboxylic acids is 4. The average Bonchev–Trinajstić information content (AvgIpc) is 2.72. The summed E-state index contributed by atoms with van der Waals surface area (Å²) in [5, 5.41) is 0. The molecule has 0 N–H and O–H groups in total. The Kier molecular flexibility index (Phi) is 4.94. The van der Waals surface area contributed by atoms with Crippen LogP contribution in [0.4, 0.5) is 0 Å². The Hall–Kier alpha value is -3.66. The van der Waals surface area contributed by atoms with Crippen LogP contribution < -0.4 is 0 Å². The summed E-state index contributed by atoms with van der Waals surface area (Å²) >= 11 is 0. The molecule has 126 valence electrons. The van der Waals surface area contributed by atoms with Crippen molar-refractivity contribution in [3.63, 3.8) is 0 Å². The molecule has 0 amide bonds. The van der Waals surface area contributed by atoms with Gasteiger partial charge in [-0.25, -0.2) is 0 Å². The quantitative estimate of drug-likeness (QED) is 0.627. The standard InChI is InChI=1S/C22H14O4/c23-11-16-7-4-8-17(12-24)21(16)22-18(13-25)9-10-19(20(22)14-26)15-5-2-1-3-6-15/h1-14H. The normalized spacial score (nSPS) is 10.2. The highest BCUT2D eigenvalue weighted by molar-refractivity contribution is 6.08. The molecule has 0 radical (unpaired) electrons. The highest BCUT2D eigenvalue weighted by Gasteiger charge is 2.20. The van der Waals surface area contributed by atoms with Crippen molar-refractivity contribution >= 4 is 25.1 Å². The third-order valence-corrected chi connectivity index (χ3v) is 4.24. The summed E-state index contributed by atoms with van der Waals surface area (Å²) in [7, 11) is 0. The van der Waals surface area contributed by atoms with Crippen LogP contribution in [0.1, 0.15) is 41.4 Å². The lowest BCUT2D eigenvalue weighted by atomic mass is 9.85. The summed E-state index contributed by atoms with van der Waals surface area (Å²) in [6.07, 6.45) is 2.50. The molecule has 3 aromatic rings. The molecule has 0 saturated heterocycles. The molecule has 0 aliphatic carbocycles. The zero-order valence-corrected chi connectivity index (χ0v) is 13.7. The van der Waals surface area contributed by atoms with Crippen molar-refractivity contribution in [2.45, 2.75) is 0 Å². The van der Waals surface area contributed by atoms with E-state index in [2.05, 4.69) is 0 Å². The molecular weight excluding hydrogens is 328 g/mol. The first-order valence-electron chi connectivity index (χ1n) is 7.91. The summed E-state index contributed by atoms with van der Waals surface area (Å²) < 4.78 is 0. The second-order valence-corrected chi connectivity index (χ2v) is 5.64. The van der Waals surface area contributed by atoms with E-state index in [0.29, 0.717) is 41.8 Å². The van der Waals surface area contributed by atoms with Gasteiger partial charge < -0.3 is 0 Å². The van der Waals surface area contributed by atoms with E-state index in [0.717, 1.165) is 5.56 Å². The van der Waals surface area contributed by atoms with Crippen molar-refractivity contribution in [1.82, 2.24) is 0 Å². The van der Waals surface area contributed by atoms with E-state index in [1.54, 1.807) is 30.3 Å². The molecule has 0 saturated carbocycles. The van der Waals surface area contributed by atoms with Crippen molar-refractivity contribution in [3.05, 3.63) is 82.9 Å². The lowest BCUT2D eigenvalue weighted by Gasteiger charge is -2.16. The molecule has 0 unspecified atom stereocenters. The molecule has 26 heavy (non-hydrogen) atoms.